The van der Waals surface area contributed by atoms with Crippen molar-refractivity contribution in [1.82, 2.24) is 10.9 Å². The Kier molecular flexibility index (Phi) is 6.12. The zero-order valence-electron chi connectivity index (χ0n) is 11.8. The van der Waals surface area contributed by atoms with Crippen molar-refractivity contribution < 1.29 is 4.84 Å². The van der Waals surface area contributed by atoms with Gasteiger partial charge in [-0.2, -0.15) is 0 Å². The van der Waals surface area contributed by atoms with Crippen LogP contribution < -0.4 is 16.3 Å². The van der Waals surface area contributed by atoms with Gasteiger partial charge in [-0.15, -0.1) is 0 Å². The van der Waals surface area contributed by atoms with Crippen LogP contribution in [0.15, 0.2) is 24.3 Å². The number of aryl methyl sites for hydroxylation is 1. The van der Waals surface area contributed by atoms with Crippen LogP contribution in [0.5, 0.6) is 0 Å². The lowest BCUT2D eigenvalue weighted by atomic mass is 10.00. The summed E-state index contributed by atoms with van der Waals surface area (Å²) in [6.07, 6.45) is 2.05. The minimum absolute atomic E-state index is 0.0297. The van der Waals surface area contributed by atoms with Crippen LogP contribution in [0.25, 0.3) is 0 Å². The van der Waals surface area contributed by atoms with Gasteiger partial charge in [0.15, 0.2) is 0 Å². The fraction of sp³-hybridized carbons (Fsp3) is 0.571. The van der Waals surface area contributed by atoms with Gasteiger partial charge in [0, 0.05) is 18.3 Å². The number of hydrogen-bond donors (Lipinski definition) is 3. The molecule has 3 N–H and O–H groups in total. The van der Waals surface area contributed by atoms with E-state index in [4.69, 9.17) is 4.84 Å². The molecule has 1 aromatic rings. The molecule has 0 saturated heterocycles. The van der Waals surface area contributed by atoms with Crippen molar-refractivity contribution in [3.8, 4) is 0 Å². The third-order valence-electron chi connectivity index (χ3n) is 2.79. The quantitative estimate of drug-likeness (QED) is 0.491. The minimum Gasteiger partial charge on any atom is -0.321 e. The second kappa shape index (κ2) is 7.36. The Labute approximate surface area is 110 Å². The van der Waals surface area contributed by atoms with Crippen LogP contribution >= 0.6 is 0 Å². The van der Waals surface area contributed by atoms with Crippen molar-refractivity contribution in [1.29, 1.82) is 0 Å². The maximum Gasteiger partial charge on any atom is 0.0682 e. The summed E-state index contributed by atoms with van der Waals surface area (Å²) in [5.41, 5.74) is 11.7. The summed E-state index contributed by atoms with van der Waals surface area (Å²) in [6, 6.07) is 8.33. The molecule has 4 heteroatoms. The first-order chi connectivity index (χ1) is 8.53. The highest BCUT2D eigenvalue weighted by atomic mass is 16.6. The molecule has 4 nitrogen and oxygen atoms in total. The Morgan fingerprint density at radius 3 is 2.44 bits per heavy atom. The molecule has 0 fully saturated rings. The highest BCUT2D eigenvalue weighted by molar-refractivity contribution is 5.43. The lowest BCUT2D eigenvalue weighted by molar-refractivity contribution is 0.0522. The normalized spacial score (nSPS) is 11.6. The molecule has 0 aliphatic heterocycles. The summed E-state index contributed by atoms with van der Waals surface area (Å²) in [5.74, 6) is 0. The number of hydrogen-bond acceptors (Lipinski definition) is 4. The van der Waals surface area contributed by atoms with Crippen LogP contribution in [0.3, 0.4) is 0 Å². The van der Waals surface area contributed by atoms with Gasteiger partial charge in [0.2, 0.25) is 0 Å². The number of hydrazine groups is 1. The van der Waals surface area contributed by atoms with Crippen molar-refractivity contribution in [2.45, 2.75) is 39.2 Å². The second-order valence-electron chi connectivity index (χ2n) is 5.16. The number of nitrogens with one attached hydrogen (secondary N) is 3. The number of hydroxylamine groups is 1. The van der Waals surface area contributed by atoms with E-state index in [0.29, 0.717) is 0 Å². The number of rotatable bonds is 8. The van der Waals surface area contributed by atoms with Crippen LogP contribution in [0.4, 0.5) is 5.69 Å². The van der Waals surface area contributed by atoms with Crippen molar-refractivity contribution in [3.05, 3.63) is 29.8 Å². The number of anilines is 1. The summed E-state index contributed by atoms with van der Waals surface area (Å²) < 4.78 is 0. The molecule has 0 spiro atoms. The first kappa shape index (κ1) is 15.0. The zero-order chi connectivity index (χ0) is 13.4. The molecule has 0 amide bonds. The third-order valence-corrected chi connectivity index (χ3v) is 2.79. The summed E-state index contributed by atoms with van der Waals surface area (Å²) in [7, 11) is 1.78. The van der Waals surface area contributed by atoms with Gasteiger partial charge in [-0.1, -0.05) is 17.7 Å². The summed E-state index contributed by atoms with van der Waals surface area (Å²) >= 11 is 0. The molecule has 0 atom stereocenters. The molecule has 0 aliphatic rings. The highest BCUT2D eigenvalue weighted by Gasteiger charge is 2.16. The van der Waals surface area contributed by atoms with E-state index in [1.807, 2.05) is 0 Å². The van der Waals surface area contributed by atoms with Crippen molar-refractivity contribution in [2.24, 2.45) is 0 Å². The molecule has 0 aliphatic carbocycles. The molecule has 0 aromatic heterocycles. The lowest BCUT2D eigenvalue weighted by Crippen LogP contribution is -2.43. The lowest BCUT2D eigenvalue weighted by Gasteiger charge is -2.27. The van der Waals surface area contributed by atoms with Crippen LogP contribution in [-0.2, 0) is 4.84 Å². The molecule has 18 heavy (non-hydrogen) atoms. The maximum absolute atomic E-state index is 5.11. The zero-order valence-corrected chi connectivity index (χ0v) is 11.8. The molecule has 102 valence electrons. The van der Waals surface area contributed by atoms with Gasteiger partial charge < -0.3 is 10.3 Å². The standard InChI is InChI=1S/C14H25N3O/c1-12-6-8-13(9-7-12)16-17-14(2,3)10-5-11-18-15-4/h6-9,15-17H,5,10-11H2,1-4H3. The van der Waals surface area contributed by atoms with Gasteiger partial charge in [-0.3, -0.25) is 0 Å². The van der Waals surface area contributed by atoms with E-state index < -0.39 is 0 Å². The van der Waals surface area contributed by atoms with E-state index >= 15 is 0 Å². The van der Waals surface area contributed by atoms with E-state index in [1.165, 1.54) is 5.56 Å². The van der Waals surface area contributed by atoms with E-state index in [9.17, 15) is 0 Å². The Morgan fingerprint density at radius 2 is 1.83 bits per heavy atom. The van der Waals surface area contributed by atoms with Crippen LogP contribution in [0, 0.1) is 6.92 Å². The summed E-state index contributed by atoms with van der Waals surface area (Å²) in [6.45, 7) is 7.16. The van der Waals surface area contributed by atoms with Gasteiger partial charge >= 0.3 is 0 Å². The third kappa shape index (κ3) is 6.00. The molecular weight excluding hydrogens is 226 g/mol. The molecule has 0 heterocycles. The van der Waals surface area contributed by atoms with E-state index in [2.05, 4.69) is 61.4 Å². The second-order valence-corrected chi connectivity index (χ2v) is 5.16. The smallest absolute Gasteiger partial charge is 0.0682 e. The van der Waals surface area contributed by atoms with Gasteiger partial charge in [-0.05, 0) is 45.7 Å². The highest BCUT2D eigenvalue weighted by Crippen LogP contribution is 2.13. The van der Waals surface area contributed by atoms with Crippen molar-refractivity contribution in [2.75, 3.05) is 19.1 Å². The van der Waals surface area contributed by atoms with Gasteiger partial charge in [0.05, 0.1) is 6.61 Å². The fourth-order valence-electron chi connectivity index (χ4n) is 1.63. The Balaban J connectivity index is 2.29. The topological polar surface area (TPSA) is 45.3 Å². The average Bonchev–Trinajstić information content (AvgIpc) is 2.34. The van der Waals surface area contributed by atoms with Crippen LogP contribution in [-0.4, -0.2) is 19.2 Å². The fourth-order valence-corrected chi connectivity index (χ4v) is 1.63. The Bertz CT molecular complexity index is 335. The largest absolute Gasteiger partial charge is 0.321 e. The molecule has 0 saturated carbocycles. The number of benzene rings is 1. The minimum atomic E-state index is 0.0297. The average molecular weight is 251 g/mol. The van der Waals surface area contributed by atoms with Gasteiger partial charge in [-0.25, -0.2) is 10.9 Å². The van der Waals surface area contributed by atoms with Crippen LogP contribution in [0.1, 0.15) is 32.3 Å². The first-order valence-electron chi connectivity index (χ1n) is 6.42. The molecule has 0 unspecified atom stereocenters. The van der Waals surface area contributed by atoms with Crippen LogP contribution in [0.2, 0.25) is 0 Å². The molecule has 0 radical (unpaired) electrons. The Morgan fingerprint density at radius 1 is 1.17 bits per heavy atom. The predicted molar refractivity (Wildman–Crippen MR) is 76.3 cm³/mol. The molecule has 0 bridgehead atoms. The molecule has 1 aromatic carbocycles. The maximum atomic E-state index is 5.11. The van der Waals surface area contributed by atoms with E-state index in [0.717, 1.165) is 25.1 Å². The monoisotopic (exact) mass is 251 g/mol. The van der Waals surface area contributed by atoms with E-state index in [1.54, 1.807) is 7.05 Å². The van der Waals surface area contributed by atoms with Crippen molar-refractivity contribution >= 4 is 5.69 Å². The van der Waals surface area contributed by atoms with Crippen molar-refractivity contribution in [3.63, 3.8) is 0 Å². The first-order valence-corrected chi connectivity index (χ1v) is 6.42. The Hall–Kier alpha value is -1.10. The predicted octanol–water partition coefficient (Wildman–Crippen LogP) is 2.62. The molecule has 1 rings (SSSR count). The summed E-state index contributed by atoms with van der Waals surface area (Å²) in [4.78, 5) is 5.11. The van der Waals surface area contributed by atoms with Gasteiger partial charge in [0.25, 0.3) is 0 Å². The summed E-state index contributed by atoms with van der Waals surface area (Å²) in [5, 5.41) is 0. The molecular formula is C14H25N3O. The SMILES string of the molecule is CNOCCCC(C)(C)NNc1ccc(C)cc1. The van der Waals surface area contributed by atoms with E-state index in [-0.39, 0.29) is 5.54 Å². The van der Waals surface area contributed by atoms with Gasteiger partial charge in [0.1, 0.15) is 0 Å².